The molecule has 0 spiro atoms. The molecule has 1 rings (SSSR count). The molecule has 1 fully saturated rings. The van der Waals surface area contributed by atoms with E-state index in [9.17, 15) is 0 Å². The van der Waals surface area contributed by atoms with E-state index in [4.69, 9.17) is 0 Å². The average Bonchev–Trinajstić information content (AvgIpc) is 2.29. The number of rotatable bonds is 4. The Hall–Kier alpha value is -1.04. The highest BCUT2D eigenvalue weighted by Crippen LogP contribution is 2.32. The first-order valence-corrected chi connectivity index (χ1v) is 6.34. The summed E-state index contributed by atoms with van der Waals surface area (Å²) in [6, 6.07) is 0. The van der Waals surface area contributed by atoms with Gasteiger partial charge < -0.3 is 0 Å². The van der Waals surface area contributed by atoms with E-state index in [2.05, 4.69) is 38.3 Å². The van der Waals surface area contributed by atoms with E-state index in [1.165, 1.54) is 43.3 Å². The predicted molar refractivity (Wildman–Crippen MR) is 73.4 cm³/mol. The molecule has 88 valence electrons. The number of allylic oxidation sites excluding steroid dienone is 6. The Morgan fingerprint density at radius 3 is 2.31 bits per heavy atom. The van der Waals surface area contributed by atoms with Gasteiger partial charge in [0.25, 0.3) is 0 Å². The fourth-order valence-electron chi connectivity index (χ4n) is 2.39. The monoisotopic (exact) mass is 216 g/mol. The molecule has 0 bridgehead atoms. The first-order valence-electron chi connectivity index (χ1n) is 6.34. The van der Waals surface area contributed by atoms with Crippen molar-refractivity contribution >= 4 is 0 Å². The maximum Gasteiger partial charge on any atom is -0.0162 e. The molecular formula is C16H24. The summed E-state index contributed by atoms with van der Waals surface area (Å²) in [7, 11) is 0. The quantitative estimate of drug-likeness (QED) is 0.566. The smallest absolute Gasteiger partial charge is 0.0162 e. The molecule has 0 atom stereocenters. The standard InChI is InChI=1S/C16H24/c1-5-9-13(2)12-14(3)15(4)16-10-7-6-8-11-16/h5,9,12,16H,3-4,6-8,10-11H2,1-2H3/b9-5-,13-12-. The van der Waals surface area contributed by atoms with Gasteiger partial charge in [-0.05, 0) is 43.8 Å². The normalized spacial score (nSPS) is 19.0. The van der Waals surface area contributed by atoms with Crippen LogP contribution in [0.4, 0.5) is 0 Å². The molecule has 0 saturated heterocycles. The van der Waals surface area contributed by atoms with Crippen molar-refractivity contribution < 1.29 is 0 Å². The second-order valence-electron chi connectivity index (χ2n) is 4.77. The lowest BCUT2D eigenvalue weighted by Crippen LogP contribution is -2.09. The molecular weight excluding hydrogens is 192 g/mol. The van der Waals surface area contributed by atoms with Crippen LogP contribution >= 0.6 is 0 Å². The average molecular weight is 216 g/mol. The highest BCUT2D eigenvalue weighted by molar-refractivity contribution is 5.40. The fraction of sp³-hybridized carbons (Fsp3) is 0.500. The van der Waals surface area contributed by atoms with Crippen LogP contribution in [0.25, 0.3) is 0 Å². The van der Waals surface area contributed by atoms with Gasteiger partial charge in [0.2, 0.25) is 0 Å². The SMILES string of the molecule is C=C(/C=C(C)\C=C/C)C(=C)C1CCCCC1. The van der Waals surface area contributed by atoms with E-state index in [0.29, 0.717) is 5.92 Å². The summed E-state index contributed by atoms with van der Waals surface area (Å²) in [5, 5.41) is 0. The van der Waals surface area contributed by atoms with Crippen LogP contribution in [-0.4, -0.2) is 0 Å². The van der Waals surface area contributed by atoms with Gasteiger partial charge in [0, 0.05) is 0 Å². The van der Waals surface area contributed by atoms with Crippen molar-refractivity contribution in [1.82, 2.24) is 0 Å². The van der Waals surface area contributed by atoms with Gasteiger partial charge in [-0.15, -0.1) is 0 Å². The highest BCUT2D eigenvalue weighted by Gasteiger charge is 2.17. The van der Waals surface area contributed by atoms with Crippen LogP contribution in [0.1, 0.15) is 46.0 Å². The molecule has 0 N–H and O–H groups in total. The van der Waals surface area contributed by atoms with Crippen LogP contribution in [0.5, 0.6) is 0 Å². The molecule has 0 heteroatoms. The van der Waals surface area contributed by atoms with Crippen LogP contribution in [0.15, 0.2) is 48.1 Å². The molecule has 1 aliphatic carbocycles. The van der Waals surface area contributed by atoms with E-state index < -0.39 is 0 Å². The van der Waals surface area contributed by atoms with Crippen molar-refractivity contribution in [2.45, 2.75) is 46.0 Å². The largest absolute Gasteiger partial charge is 0.0950 e. The van der Waals surface area contributed by atoms with Crippen LogP contribution in [0.2, 0.25) is 0 Å². The summed E-state index contributed by atoms with van der Waals surface area (Å²) < 4.78 is 0. The molecule has 0 aliphatic heterocycles. The molecule has 0 aromatic rings. The van der Waals surface area contributed by atoms with Crippen LogP contribution in [0.3, 0.4) is 0 Å². The molecule has 0 aromatic heterocycles. The van der Waals surface area contributed by atoms with E-state index in [-0.39, 0.29) is 0 Å². The first-order chi connectivity index (χ1) is 7.65. The van der Waals surface area contributed by atoms with Crippen LogP contribution in [-0.2, 0) is 0 Å². The maximum absolute atomic E-state index is 4.22. The van der Waals surface area contributed by atoms with Gasteiger partial charge in [0.15, 0.2) is 0 Å². The Morgan fingerprint density at radius 2 is 1.75 bits per heavy atom. The molecule has 16 heavy (non-hydrogen) atoms. The van der Waals surface area contributed by atoms with E-state index in [0.717, 1.165) is 5.57 Å². The Morgan fingerprint density at radius 1 is 1.12 bits per heavy atom. The molecule has 0 unspecified atom stereocenters. The second-order valence-corrected chi connectivity index (χ2v) is 4.77. The summed E-state index contributed by atoms with van der Waals surface area (Å²) in [6.07, 6.45) is 13.0. The minimum absolute atomic E-state index is 0.677. The van der Waals surface area contributed by atoms with Crippen molar-refractivity contribution in [2.24, 2.45) is 5.92 Å². The summed E-state index contributed by atoms with van der Waals surface area (Å²) >= 11 is 0. The lowest BCUT2D eigenvalue weighted by molar-refractivity contribution is 0.407. The van der Waals surface area contributed by atoms with Gasteiger partial charge in [0.05, 0.1) is 0 Å². The molecule has 0 aromatic carbocycles. The first kappa shape index (κ1) is 13.0. The van der Waals surface area contributed by atoms with Gasteiger partial charge in [-0.3, -0.25) is 0 Å². The molecule has 0 amide bonds. The maximum atomic E-state index is 4.22. The second kappa shape index (κ2) is 6.52. The highest BCUT2D eigenvalue weighted by atomic mass is 14.2. The molecule has 1 aliphatic rings. The van der Waals surface area contributed by atoms with Crippen molar-refractivity contribution in [3.8, 4) is 0 Å². The Balaban J connectivity index is 2.59. The predicted octanol–water partition coefficient (Wildman–Crippen LogP) is 5.20. The van der Waals surface area contributed by atoms with Crippen molar-refractivity contribution in [1.29, 1.82) is 0 Å². The zero-order chi connectivity index (χ0) is 12.0. The zero-order valence-electron chi connectivity index (χ0n) is 10.8. The van der Waals surface area contributed by atoms with E-state index >= 15 is 0 Å². The van der Waals surface area contributed by atoms with Gasteiger partial charge in [-0.25, -0.2) is 0 Å². The van der Waals surface area contributed by atoms with Crippen molar-refractivity contribution in [2.75, 3.05) is 0 Å². The van der Waals surface area contributed by atoms with Crippen molar-refractivity contribution in [3.05, 3.63) is 48.1 Å². The van der Waals surface area contributed by atoms with E-state index in [1.54, 1.807) is 0 Å². The van der Waals surface area contributed by atoms with Crippen LogP contribution in [0, 0.1) is 5.92 Å². The lowest BCUT2D eigenvalue weighted by atomic mass is 9.81. The topological polar surface area (TPSA) is 0 Å². The van der Waals surface area contributed by atoms with Gasteiger partial charge in [-0.1, -0.05) is 56.2 Å². The molecule has 0 nitrogen and oxygen atoms in total. The van der Waals surface area contributed by atoms with Crippen molar-refractivity contribution in [3.63, 3.8) is 0 Å². The van der Waals surface area contributed by atoms with Crippen LogP contribution < -0.4 is 0 Å². The third-order valence-corrected chi connectivity index (χ3v) is 3.34. The Bertz CT molecular complexity index is 309. The third kappa shape index (κ3) is 3.84. The van der Waals surface area contributed by atoms with Gasteiger partial charge in [-0.2, -0.15) is 0 Å². The van der Waals surface area contributed by atoms with Gasteiger partial charge >= 0.3 is 0 Å². The summed E-state index contributed by atoms with van der Waals surface area (Å²) in [4.78, 5) is 0. The summed E-state index contributed by atoms with van der Waals surface area (Å²) in [5.74, 6) is 0.677. The summed E-state index contributed by atoms with van der Waals surface area (Å²) in [6.45, 7) is 12.5. The fourth-order valence-corrected chi connectivity index (χ4v) is 2.39. The Kier molecular flexibility index (Phi) is 5.31. The summed E-state index contributed by atoms with van der Waals surface area (Å²) in [5.41, 5.74) is 3.62. The molecule has 0 heterocycles. The Labute approximate surface area is 100 Å². The third-order valence-electron chi connectivity index (χ3n) is 3.34. The molecule has 1 saturated carbocycles. The zero-order valence-corrected chi connectivity index (χ0v) is 10.8. The van der Waals surface area contributed by atoms with E-state index in [1.807, 2.05) is 6.92 Å². The molecule has 0 radical (unpaired) electrons. The minimum Gasteiger partial charge on any atom is -0.0950 e. The number of hydrogen-bond donors (Lipinski definition) is 0. The number of hydrogen-bond acceptors (Lipinski definition) is 0. The lowest BCUT2D eigenvalue weighted by Gasteiger charge is -2.24. The minimum atomic E-state index is 0.677. The van der Waals surface area contributed by atoms with Gasteiger partial charge in [0.1, 0.15) is 0 Å².